The summed E-state index contributed by atoms with van der Waals surface area (Å²) in [7, 11) is -10.2. The quantitative estimate of drug-likeness (QED) is 0.349. The summed E-state index contributed by atoms with van der Waals surface area (Å²) in [4.78, 5) is 3.93. The maximum absolute atomic E-state index is 10.2. The Kier molecular flexibility index (Phi) is 6.94. The first-order chi connectivity index (χ1) is 5.19. The van der Waals surface area contributed by atoms with E-state index in [2.05, 4.69) is 4.84 Å². The second kappa shape index (κ2) is 5.58. The molecule has 13 heavy (non-hydrogen) atoms. The molecule has 11 heteroatoms. The molecule has 0 bridgehead atoms. The van der Waals surface area contributed by atoms with E-state index in [1.165, 1.54) is 6.92 Å². The van der Waals surface area contributed by atoms with Crippen LogP contribution in [-0.4, -0.2) is 66.0 Å². The van der Waals surface area contributed by atoms with Crippen molar-refractivity contribution >= 4 is 50.2 Å². The third-order valence-electron chi connectivity index (χ3n) is 0.611. The second-order valence-corrected chi connectivity index (χ2v) is 4.22. The zero-order valence-corrected chi connectivity index (χ0v) is 10.5. The van der Waals surface area contributed by atoms with E-state index in [4.69, 9.17) is 9.11 Å². The summed E-state index contributed by atoms with van der Waals surface area (Å²) in [5.74, 6) is 0. The number of nitrogens with zero attached hydrogens (tertiary/aromatic N) is 1. The summed E-state index contributed by atoms with van der Waals surface area (Å²) in [6.45, 7) is 0.920. The SMILES string of the molecule is CCON(S(=O)(=O)O)S(=O)(=O)O.[Na]. The molecule has 0 spiro atoms. The van der Waals surface area contributed by atoms with Crippen molar-refractivity contribution in [2.45, 2.75) is 6.92 Å². The van der Waals surface area contributed by atoms with Crippen LogP contribution in [0, 0.1) is 0 Å². The van der Waals surface area contributed by atoms with E-state index in [1.54, 1.807) is 0 Å². The van der Waals surface area contributed by atoms with Gasteiger partial charge in [0.05, 0.1) is 10.5 Å². The van der Waals surface area contributed by atoms with Crippen LogP contribution in [0.15, 0.2) is 0 Å². The standard InChI is InChI=1S/C2H7NO7S2.Na/c1-2-10-3(11(4,5)6)12(7,8)9;/h2H2,1H3,(H,4,5,6)(H,7,8,9);. The van der Waals surface area contributed by atoms with Gasteiger partial charge < -0.3 is 0 Å². The van der Waals surface area contributed by atoms with Gasteiger partial charge in [-0.05, 0) is 6.92 Å². The maximum Gasteiger partial charge on any atom is 0.374 e. The van der Waals surface area contributed by atoms with Gasteiger partial charge in [0.25, 0.3) is 0 Å². The van der Waals surface area contributed by atoms with Gasteiger partial charge in [-0.15, -0.1) is 0 Å². The molecule has 0 aliphatic heterocycles. The molecule has 0 aromatic rings. The Morgan fingerprint density at radius 1 is 1.15 bits per heavy atom. The van der Waals surface area contributed by atoms with Gasteiger partial charge in [0.1, 0.15) is 0 Å². The van der Waals surface area contributed by atoms with Gasteiger partial charge in [-0.2, -0.15) is 16.8 Å². The predicted molar refractivity (Wildman–Crippen MR) is 42.3 cm³/mol. The smallest absolute Gasteiger partial charge is 0.271 e. The van der Waals surface area contributed by atoms with Gasteiger partial charge in [-0.3, -0.25) is 13.9 Å². The Hall–Kier alpha value is 0.740. The fourth-order valence-corrected chi connectivity index (χ4v) is 1.79. The molecule has 0 rings (SSSR count). The van der Waals surface area contributed by atoms with E-state index in [0.29, 0.717) is 0 Å². The van der Waals surface area contributed by atoms with Gasteiger partial charge in [0, 0.05) is 29.6 Å². The van der Waals surface area contributed by atoms with Gasteiger partial charge in [-0.1, -0.05) is 0 Å². The summed E-state index contributed by atoms with van der Waals surface area (Å²) in [5.41, 5.74) is 0. The van der Waals surface area contributed by atoms with Gasteiger partial charge in [-0.25, -0.2) is 0 Å². The summed E-state index contributed by atoms with van der Waals surface area (Å²) in [5, 5.41) is 0. The van der Waals surface area contributed by atoms with Crippen molar-refractivity contribution in [3.05, 3.63) is 0 Å². The molecule has 0 heterocycles. The largest absolute Gasteiger partial charge is 0.374 e. The first kappa shape index (κ1) is 16.2. The Bertz CT molecular complexity index is 300. The third-order valence-corrected chi connectivity index (χ3v) is 2.71. The summed E-state index contributed by atoms with van der Waals surface area (Å²) in [6.07, 6.45) is 0. The van der Waals surface area contributed by atoms with Crippen LogP contribution in [0.3, 0.4) is 0 Å². The maximum atomic E-state index is 10.2. The average molecular weight is 244 g/mol. The van der Waals surface area contributed by atoms with Crippen molar-refractivity contribution < 1.29 is 30.8 Å². The molecule has 0 amide bonds. The van der Waals surface area contributed by atoms with Crippen LogP contribution in [0.1, 0.15) is 6.92 Å². The first-order valence-electron chi connectivity index (χ1n) is 2.58. The Labute approximate surface area is 97.9 Å². The fraction of sp³-hybridized carbons (Fsp3) is 1.00. The minimum atomic E-state index is -5.11. The van der Waals surface area contributed by atoms with Crippen LogP contribution < -0.4 is 0 Å². The minimum Gasteiger partial charge on any atom is -0.271 e. The molecule has 2 N–H and O–H groups in total. The van der Waals surface area contributed by atoms with E-state index in [0.717, 1.165) is 0 Å². The number of rotatable bonds is 4. The zero-order chi connectivity index (χ0) is 9.99. The van der Waals surface area contributed by atoms with Crippen molar-refractivity contribution in [3.63, 3.8) is 0 Å². The van der Waals surface area contributed by atoms with Crippen molar-refractivity contribution in [1.29, 1.82) is 0 Å². The third kappa shape index (κ3) is 5.93. The summed E-state index contributed by atoms with van der Waals surface area (Å²) in [6, 6.07) is 0. The van der Waals surface area contributed by atoms with E-state index < -0.39 is 24.5 Å². The molecule has 0 unspecified atom stereocenters. The van der Waals surface area contributed by atoms with E-state index in [1.807, 2.05) is 0 Å². The molecule has 75 valence electrons. The molecule has 0 aliphatic carbocycles. The molecule has 1 radical (unpaired) electrons. The second-order valence-electron chi connectivity index (χ2n) is 1.54. The molecule has 0 atom stereocenters. The average Bonchev–Trinajstić information content (AvgIpc) is 1.77. The molecular formula is C2H7NNaO7S2. The molecule has 0 fully saturated rings. The van der Waals surface area contributed by atoms with Crippen LogP contribution in [0.4, 0.5) is 0 Å². The molecule has 8 nitrogen and oxygen atoms in total. The normalized spacial score (nSPS) is 12.6. The van der Waals surface area contributed by atoms with Crippen LogP contribution in [0.25, 0.3) is 0 Å². The number of hydrogen-bond acceptors (Lipinski definition) is 5. The van der Waals surface area contributed by atoms with Gasteiger partial charge in [0.15, 0.2) is 0 Å². The van der Waals surface area contributed by atoms with Crippen molar-refractivity contribution in [2.75, 3.05) is 6.61 Å². The molecule has 0 aliphatic rings. The molecule has 0 saturated heterocycles. The van der Waals surface area contributed by atoms with E-state index in [9.17, 15) is 16.8 Å². The number of hydrogen-bond donors (Lipinski definition) is 2. The summed E-state index contributed by atoms with van der Waals surface area (Å²) >= 11 is 0. The van der Waals surface area contributed by atoms with Crippen LogP contribution in [0.5, 0.6) is 0 Å². The predicted octanol–water partition coefficient (Wildman–Crippen LogP) is -1.54. The van der Waals surface area contributed by atoms with Crippen molar-refractivity contribution in [1.82, 2.24) is 3.87 Å². The Morgan fingerprint density at radius 3 is 1.54 bits per heavy atom. The topological polar surface area (TPSA) is 121 Å². The first-order valence-corrected chi connectivity index (χ1v) is 5.37. The Balaban J connectivity index is 0. The van der Waals surface area contributed by atoms with Crippen LogP contribution >= 0.6 is 0 Å². The molecule has 0 saturated carbocycles. The van der Waals surface area contributed by atoms with Crippen LogP contribution in [0.2, 0.25) is 0 Å². The van der Waals surface area contributed by atoms with Crippen molar-refractivity contribution in [3.8, 4) is 0 Å². The molecule has 0 aromatic heterocycles. The minimum absolute atomic E-state index is 0. The van der Waals surface area contributed by atoms with Gasteiger partial charge in [0.2, 0.25) is 0 Å². The monoisotopic (exact) mass is 244 g/mol. The molecule has 0 aromatic carbocycles. The van der Waals surface area contributed by atoms with Gasteiger partial charge >= 0.3 is 20.6 Å². The van der Waals surface area contributed by atoms with E-state index in [-0.39, 0.29) is 36.2 Å². The molecular weight excluding hydrogens is 237 g/mol. The van der Waals surface area contributed by atoms with E-state index >= 15 is 0 Å². The van der Waals surface area contributed by atoms with Crippen LogP contribution in [-0.2, 0) is 25.4 Å². The van der Waals surface area contributed by atoms with Crippen molar-refractivity contribution in [2.24, 2.45) is 0 Å². The summed E-state index contributed by atoms with van der Waals surface area (Å²) < 4.78 is 56.2. The fourth-order valence-electron chi connectivity index (χ4n) is 0.358. The zero-order valence-electron chi connectivity index (χ0n) is 6.91. The Morgan fingerprint density at radius 2 is 1.46 bits per heavy atom.